The molecule has 0 saturated carbocycles. The van der Waals surface area contributed by atoms with Crippen LogP contribution in [-0.2, 0) is 16.0 Å². The Kier molecular flexibility index (Phi) is 5.63. The molecule has 23 heavy (non-hydrogen) atoms. The molecule has 2 amide bonds. The minimum Gasteiger partial charge on any atom is -0.346 e. The van der Waals surface area contributed by atoms with Gasteiger partial charge in [-0.1, -0.05) is 32.4 Å². The molecule has 1 N–H and O–H groups in total. The number of nitrogens with one attached hydrogen (secondary N) is 1. The molecule has 2 rings (SSSR count). The molecule has 6 heteroatoms. The highest BCUT2D eigenvalue weighted by atomic mass is 35.5. The Hall–Kier alpha value is -1.62. The van der Waals surface area contributed by atoms with Crippen molar-refractivity contribution < 1.29 is 9.59 Å². The summed E-state index contributed by atoms with van der Waals surface area (Å²) in [5.41, 5.74) is 0.681. The molecule has 1 fully saturated rings. The van der Waals surface area contributed by atoms with E-state index in [1.165, 1.54) is 0 Å². The molecule has 2 heterocycles. The Bertz CT molecular complexity index is 554. The third-order valence-electron chi connectivity index (χ3n) is 4.23. The number of nitrogens with zero attached hydrogens (tertiary/aromatic N) is 2. The summed E-state index contributed by atoms with van der Waals surface area (Å²) in [5.74, 6) is 0.389. The molecule has 126 valence electrons. The summed E-state index contributed by atoms with van der Waals surface area (Å²) in [4.78, 5) is 29.7. The Morgan fingerprint density at radius 1 is 1.52 bits per heavy atom. The van der Waals surface area contributed by atoms with Crippen molar-refractivity contribution in [3.05, 3.63) is 29.0 Å². The van der Waals surface area contributed by atoms with Crippen LogP contribution in [0, 0.1) is 11.3 Å². The van der Waals surface area contributed by atoms with Gasteiger partial charge < -0.3 is 10.2 Å². The first-order valence-electron chi connectivity index (χ1n) is 7.90. The zero-order valence-electron chi connectivity index (χ0n) is 13.9. The molecule has 1 aromatic heterocycles. The number of carbonyl (C=O) groups is 2. The minimum atomic E-state index is -0.493. The fraction of sp³-hybridized carbons (Fsp3) is 0.588. The molecule has 1 saturated heterocycles. The summed E-state index contributed by atoms with van der Waals surface area (Å²) in [5, 5.41) is 3.30. The van der Waals surface area contributed by atoms with E-state index in [4.69, 9.17) is 11.6 Å². The summed E-state index contributed by atoms with van der Waals surface area (Å²) in [7, 11) is 0. The van der Waals surface area contributed by atoms with Gasteiger partial charge in [0.15, 0.2) is 0 Å². The van der Waals surface area contributed by atoms with Crippen LogP contribution in [0.5, 0.6) is 0 Å². The third kappa shape index (κ3) is 4.67. The van der Waals surface area contributed by atoms with Gasteiger partial charge in [0.05, 0.1) is 5.02 Å². The lowest BCUT2D eigenvalue weighted by atomic mass is 9.86. The maximum atomic E-state index is 12.7. The molecule has 1 aromatic rings. The second-order valence-electron chi connectivity index (χ2n) is 7.19. The van der Waals surface area contributed by atoms with E-state index in [0.29, 0.717) is 23.9 Å². The molecule has 0 aliphatic carbocycles. The summed E-state index contributed by atoms with van der Waals surface area (Å²) in [6, 6.07) is 3.27. The lowest BCUT2D eigenvalue weighted by molar-refractivity contribution is -0.136. The van der Waals surface area contributed by atoms with E-state index in [9.17, 15) is 9.59 Å². The van der Waals surface area contributed by atoms with E-state index >= 15 is 0 Å². The second kappa shape index (κ2) is 7.30. The van der Waals surface area contributed by atoms with E-state index < -0.39 is 6.04 Å². The SMILES string of the molecule is CC(C)(C)C(NC=O)C(=O)N1CCC(Cc2ccc(Cl)cn2)C1. The highest BCUT2D eigenvalue weighted by Crippen LogP contribution is 2.25. The van der Waals surface area contributed by atoms with Gasteiger partial charge in [-0.2, -0.15) is 0 Å². The third-order valence-corrected chi connectivity index (χ3v) is 4.46. The first kappa shape index (κ1) is 17.7. The lowest BCUT2D eigenvalue weighted by Crippen LogP contribution is -2.52. The number of pyridine rings is 1. The number of likely N-dealkylation sites (tertiary alicyclic amines) is 1. The summed E-state index contributed by atoms with van der Waals surface area (Å²) < 4.78 is 0. The standard InChI is InChI=1S/C17H24ClN3O2/c1-17(2,3)15(20-11-22)16(23)21-7-6-12(10-21)8-14-5-4-13(18)9-19-14/h4-5,9,11-12,15H,6-8,10H2,1-3H3,(H,20,22). The van der Waals surface area contributed by atoms with Crippen molar-refractivity contribution in [2.45, 2.75) is 39.7 Å². The molecular formula is C17H24ClN3O2. The van der Waals surface area contributed by atoms with E-state index in [0.717, 1.165) is 25.1 Å². The van der Waals surface area contributed by atoms with Crippen molar-refractivity contribution in [3.63, 3.8) is 0 Å². The van der Waals surface area contributed by atoms with Crippen LogP contribution in [0.3, 0.4) is 0 Å². The number of amides is 2. The number of hydrogen-bond donors (Lipinski definition) is 1. The Morgan fingerprint density at radius 3 is 2.83 bits per heavy atom. The quantitative estimate of drug-likeness (QED) is 0.838. The zero-order valence-corrected chi connectivity index (χ0v) is 14.6. The molecule has 5 nitrogen and oxygen atoms in total. The Morgan fingerprint density at radius 2 is 2.26 bits per heavy atom. The first-order valence-corrected chi connectivity index (χ1v) is 8.28. The molecule has 0 aromatic carbocycles. The summed E-state index contributed by atoms with van der Waals surface area (Å²) in [6.07, 6.45) is 4.05. The monoisotopic (exact) mass is 337 g/mol. The molecule has 1 aliphatic rings. The van der Waals surface area contributed by atoms with Crippen LogP contribution >= 0.6 is 11.6 Å². The fourth-order valence-electron chi connectivity index (χ4n) is 2.96. The van der Waals surface area contributed by atoms with E-state index in [1.807, 2.05) is 37.8 Å². The van der Waals surface area contributed by atoms with Gasteiger partial charge in [-0.05, 0) is 36.3 Å². The van der Waals surface area contributed by atoms with Crippen molar-refractivity contribution in [3.8, 4) is 0 Å². The number of halogens is 1. The summed E-state index contributed by atoms with van der Waals surface area (Å²) >= 11 is 5.85. The lowest BCUT2D eigenvalue weighted by Gasteiger charge is -2.32. The van der Waals surface area contributed by atoms with Crippen LogP contribution < -0.4 is 5.32 Å². The van der Waals surface area contributed by atoms with Crippen molar-refractivity contribution in [2.75, 3.05) is 13.1 Å². The fourth-order valence-corrected chi connectivity index (χ4v) is 3.08. The molecule has 1 aliphatic heterocycles. The average molecular weight is 338 g/mol. The average Bonchev–Trinajstić information content (AvgIpc) is 2.94. The van der Waals surface area contributed by atoms with Crippen LogP contribution in [0.15, 0.2) is 18.3 Å². The van der Waals surface area contributed by atoms with Gasteiger partial charge in [0, 0.05) is 25.0 Å². The number of aromatic nitrogens is 1. The van der Waals surface area contributed by atoms with Crippen LogP contribution in [0.4, 0.5) is 0 Å². The van der Waals surface area contributed by atoms with E-state index in [-0.39, 0.29) is 11.3 Å². The zero-order chi connectivity index (χ0) is 17.0. The van der Waals surface area contributed by atoms with Crippen LogP contribution in [-0.4, -0.2) is 41.3 Å². The molecule has 0 radical (unpaired) electrons. The second-order valence-corrected chi connectivity index (χ2v) is 7.63. The maximum absolute atomic E-state index is 12.7. The highest BCUT2D eigenvalue weighted by molar-refractivity contribution is 6.30. The van der Waals surface area contributed by atoms with Crippen molar-refractivity contribution >= 4 is 23.9 Å². The van der Waals surface area contributed by atoms with Crippen LogP contribution in [0.1, 0.15) is 32.9 Å². The van der Waals surface area contributed by atoms with Gasteiger partial charge in [-0.15, -0.1) is 0 Å². The first-order chi connectivity index (χ1) is 10.8. The Labute approximate surface area is 142 Å². The van der Waals surface area contributed by atoms with Crippen LogP contribution in [0.25, 0.3) is 0 Å². The van der Waals surface area contributed by atoms with E-state index in [2.05, 4.69) is 10.3 Å². The largest absolute Gasteiger partial charge is 0.346 e. The van der Waals surface area contributed by atoms with Crippen molar-refractivity contribution in [1.82, 2.24) is 15.2 Å². The molecule has 2 atom stereocenters. The number of carbonyl (C=O) groups excluding carboxylic acids is 2. The summed E-state index contributed by atoms with van der Waals surface area (Å²) in [6.45, 7) is 7.30. The number of hydrogen-bond acceptors (Lipinski definition) is 3. The molecule has 2 unspecified atom stereocenters. The topological polar surface area (TPSA) is 62.3 Å². The molecule has 0 bridgehead atoms. The predicted molar refractivity (Wildman–Crippen MR) is 90.1 cm³/mol. The molecular weight excluding hydrogens is 314 g/mol. The van der Waals surface area contributed by atoms with E-state index in [1.54, 1.807) is 6.20 Å². The maximum Gasteiger partial charge on any atom is 0.245 e. The van der Waals surface area contributed by atoms with Gasteiger partial charge >= 0.3 is 0 Å². The number of rotatable bonds is 5. The van der Waals surface area contributed by atoms with Crippen molar-refractivity contribution in [2.24, 2.45) is 11.3 Å². The van der Waals surface area contributed by atoms with Gasteiger partial charge in [-0.25, -0.2) is 0 Å². The minimum absolute atomic E-state index is 0.00355. The van der Waals surface area contributed by atoms with Crippen molar-refractivity contribution in [1.29, 1.82) is 0 Å². The highest BCUT2D eigenvalue weighted by Gasteiger charge is 2.36. The van der Waals surface area contributed by atoms with Gasteiger partial charge in [-0.3, -0.25) is 14.6 Å². The predicted octanol–water partition coefficient (Wildman–Crippen LogP) is 2.29. The van der Waals surface area contributed by atoms with Gasteiger partial charge in [0.25, 0.3) is 0 Å². The Balaban J connectivity index is 1.96. The smallest absolute Gasteiger partial charge is 0.245 e. The van der Waals surface area contributed by atoms with Gasteiger partial charge in [0.1, 0.15) is 6.04 Å². The molecule has 0 spiro atoms. The van der Waals surface area contributed by atoms with Gasteiger partial charge in [0.2, 0.25) is 12.3 Å². The normalized spacial score (nSPS) is 19.5. The van der Waals surface area contributed by atoms with Crippen LogP contribution in [0.2, 0.25) is 5.02 Å².